The van der Waals surface area contributed by atoms with Crippen LogP contribution < -0.4 is 0 Å². The second-order valence-electron chi connectivity index (χ2n) is 5.88. The normalized spacial score (nSPS) is 16.0. The Morgan fingerprint density at radius 3 is 2.78 bits per heavy atom. The Balaban J connectivity index is 1.81. The van der Waals surface area contributed by atoms with Crippen LogP contribution in [0.4, 0.5) is 4.39 Å². The second-order valence-corrected chi connectivity index (χ2v) is 5.88. The lowest BCUT2D eigenvalue weighted by Gasteiger charge is -2.22. The van der Waals surface area contributed by atoms with Gasteiger partial charge in [0, 0.05) is 30.9 Å². The van der Waals surface area contributed by atoms with E-state index in [2.05, 4.69) is 9.55 Å². The average Bonchev–Trinajstić information content (AvgIpc) is 2.96. The Morgan fingerprint density at radius 2 is 1.96 bits per heavy atom. The number of benzene rings is 1. The minimum absolute atomic E-state index is 0.191. The van der Waals surface area contributed by atoms with Gasteiger partial charge in [0.05, 0.1) is 6.54 Å². The monoisotopic (exact) mass is 311 g/mol. The number of imidazole rings is 1. The molecule has 2 aromatic heterocycles. The van der Waals surface area contributed by atoms with E-state index in [1.54, 1.807) is 12.3 Å². The summed E-state index contributed by atoms with van der Waals surface area (Å²) in [6.07, 6.45) is 3.65. The summed E-state index contributed by atoms with van der Waals surface area (Å²) in [5.74, 6) is 1.14. The van der Waals surface area contributed by atoms with Gasteiger partial charge in [0.2, 0.25) is 0 Å². The third-order valence-electron chi connectivity index (χ3n) is 4.41. The lowest BCUT2D eigenvalue weighted by atomic mass is 9.99. The Labute approximate surface area is 133 Å². The van der Waals surface area contributed by atoms with E-state index in [0.29, 0.717) is 18.0 Å². The number of halogens is 1. The molecule has 0 radical (unpaired) electrons. The largest absolute Gasteiger partial charge is 0.381 e. The Bertz CT molecular complexity index is 824. The van der Waals surface area contributed by atoms with Crippen LogP contribution in [0.15, 0.2) is 42.6 Å². The van der Waals surface area contributed by atoms with E-state index >= 15 is 0 Å². The van der Waals surface area contributed by atoms with E-state index in [9.17, 15) is 4.39 Å². The third kappa shape index (κ3) is 2.72. The SMILES string of the molecule is Fc1ccccc1Cn1c(C2CCOCC2)nc2cccnc21. The topological polar surface area (TPSA) is 39.9 Å². The smallest absolute Gasteiger partial charge is 0.160 e. The fraction of sp³-hybridized carbons (Fsp3) is 0.333. The predicted molar refractivity (Wildman–Crippen MR) is 85.8 cm³/mol. The zero-order chi connectivity index (χ0) is 15.6. The van der Waals surface area contributed by atoms with Gasteiger partial charge in [-0.1, -0.05) is 18.2 Å². The number of nitrogens with zero attached hydrogens (tertiary/aromatic N) is 3. The summed E-state index contributed by atoms with van der Waals surface area (Å²) in [4.78, 5) is 9.25. The third-order valence-corrected chi connectivity index (χ3v) is 4.41. The number of hydrogen-bond donors (Lipinski definition) is 0. The van der Waals surface area contributed by atoms with Gasteiger partial charge < -0.3 is 9.30 Å². The lowest BCUT2D eigenvalue weighted by Crippen LogP contribution is -2.18. The fourth-order valence-electron chi connectivity index (χ4n) is 3.20. The molecule has 1 fully saturated rings. The van der Waals surface area contributed by atoms with Crippen LogP contribution in [0.2, 0.25) is 0 Å². The lowest BCUT2D eigenvalue weighted by molar-refractivity contribution is 0.0830. The maximum Gasteiger partial charge on any atom is 0.160 e. The molecular weight excluding hydrogens is 293 g/mol. The summed E-state index contributed by atoms with van der Waals surface area (Å²) in [6.45, 7) is 1.95. The molecule has 0 N–H and O–H groups in total. The molecule has 1 saturated heterocycles. The summed E-state index contributed by atoms with van der Waals surface area (Å²) in [6, 6.07) is 10.7. The zero-order valence-corrected chi connectivity index (χ0v) is 12.8. The maximum absolute atomic E-state index is 14.1. The van der Waals surface area contributed by atoms with Crippen molar-refractivity contribution in [1.82, 2.24) is 14.5 Å². The highest BCUT2D eigenvalue weighted by atomic mass is 19.1. The van der Waals surface area contributed by atoms with Crippen LogP contribution >= 0.6 is 0 Å². The first-order chi connectivity index (χ1) is 11.3. The van der Waals surface area contributed by atoms with Crippen LogP contribution in [-0.2, 0) is 11.3 Å². The van der Waals surface area contributed by atoms with Gasteiger partial charge in [-0.2, -0.15) is 0 Å². The number of ether oxygens (including phenoxy) is 1. The second kappa shape index (κ2) is 6.08. The molecule has 0 spiro atoms. The van der Waals surface area contributed by atoms with Crippen molar-refractivity contribution in [3.05, 3.63) is 59.8 Å². The molecule has 0 unspecified atom stereocenters. The van der Waals surface area contributed by atoms with Crippen LogP contribution in [0.1, 0.15) is 30.1 Å². The number of hydrogen-bond acceptors (Lipinski definition) is 3. The van der Waals surface area contributed by atoms with E-state index < -0.39 is 0 Å². The van der Waals surface area contributed by atoms with E-state index in [4.69, 9.17) is 9.72 Å². The molecule has 0 bridgehead atoms. The molecule has 5 heteroatoms. The quantitative estimate of drug-likeness (QED) is 0.743. The molecule has 1 aliphatic rings. The number of aromatic nitrogens is 3. The van der Waals surface area contributed by atoms with Gasteiger partial charge >= 0.3 is 0 Å². The molecule has 0 atom stereocenters. The minimum atomic E-state index is -0.191. The van der Waals surface area contributed by atoms with Gasteiger partial charge in [-0.3, -0.25) is 0 Å². The molecule has 0 aliphatic carbocycles. The van der Waals surface area contributed by atoms with Gasteiger partial charge in [0.25, 0.3) is 0 Å². The highest BCUT2D eigenvalue weighted by molar-refractivity contribution is 5.71. The highest BCUT2D eigenvalue weighted by Crippen LogP contribution is 2.29. The van der Waals surface area contributed by atoms with Crippen LogP contribution in [0, 0.1) is 5.82 Å². The average molecular weight is 311 g/mol. The molecule has 23 heavy (non-hydrogen) atoms. The number of rotatable bonds is 3. The molecule has 3 heterocycles. The van der Waals surface area contributed by atoms with Gasteiger partial charge in [-0.15, -0.1) is 0 Å². The number of fused-ring (bicyclic) bond motifs is 1. The van der Waals surface area contributed by atoms with Gasteiger partial charge in [-0.25, -0.2) is 14.4 Å². The van der Waals surface area contributed by atoms with Crippen LogP contribution in [-0.4, -0.2) is 27.7 Å². The van der Waals surface area contributed by atoms with Crippen molar-refractivity contribution in [2.45, 2.75) is 25.3 Å². The Kier molecular flexibility index (Phi) is 3.79. The molecule has 118 valence electrons. The van der Waals surface area contributed by atoms with Crippen molar-refractivity contribution < 1.29 is 9.13 Å². The van der Waals surface area contributed by atoms with Crippen molar-refractivity contribution in [3.63, 3.8) is 0 Å². The van der Waals surface area contributed by atoms with Crippen molar-refractivity contribution in [3.8, 4) is 0 Å². The van der Waals surface area contributed by atoms with E-state index in [0.717, 1.165) is 43.0 Å². The van der Waals surface area contributed by atoms with E-state index in [1.165, 1.54) is 6.07 Å². The van der Waals surface area contributed by atoms with Crippen molar-refractivity contribution in [2.24, 2.45) is 0 Å². The first-order valence-electron chi connectivity index (χ1n) is 7.95. The molecular formula is C18H18FN3O. The van der Waals surface area contributed by atoms with Crippen molar-refractivity contribution >= 4 is 11.2 Å². The first kappa shape index (κ1) is 14.3. The summed E-state index contributed by atoms with van der Waals surface area (Å²) in [7, 11) is 0. The standard InChI is InChI=1S/C18H18FN3O/c19-15-5-2-1-4-14(15)12-22-17(13-7-10-23-11-8-13)21-16-6-3-9-20-18(16)22/h1-6,9,13H,7-8,10-12H2. The highest BCUT2D eigenvalue weighted by Gasteiger charge is 2.23. The first-order valence-corrected chi connectivity index (χ1v) is 7.95. The molecule has 4 rings (SSSR count). The van der Waals surface area contributed by atoms with Crippen LogP contribution in [0.25, 0.3) is 11.2 Å². The molecule has 4 nitrogen and oxygen atoms in total. The van der Waals surface area contributed by atoms with E-state index in [-0.39, 0.29) is 5.82 Å². The fourth-order valence-corrected chi connectivity index (χ4v) is 3.20. The summed E-state index contributed by atoms with van der Waals surface area (Å²) in [5, 5.41) is 0. The predicted octanol–water partition coefficient (Wildman–Crippen LogP) is 3.51. The van der Waals surface area contributed by atoms with Crippen molar-refractivity contribution in [1.29, 1.82) is 0 Å². The molecule has 0 saturated carbocycles. The van der Waals surface area contributed by atoms with Gasteiger partial charge in [-0.05, 0) is 31.0 Å². The molecule has 1 aromatic carbocycles. The minimum Gasteiger partial charge on any atom is -0.381 e. The van der Waals surface area contributed by atoms with E-state index in [1.807, 2.05) is 24.3 Å². The van der Waals surface area contributed by atoms with Crippen LogP contribution in [0.3, 0.4) is 0 Å². The molecule has 0 amide bonds. The summed E-state index contributed by atoms with van der Waals surface area (Å²) in [5.41, 5.74) is 2.34. The Hall–Kier alpha value is -2.27. The van der Waals surface area contributed by atoms with Gasteiger partial charge in [0.1, 0.15) is 17.2 Å². The van der Waals surface area contributed by atoms with Gasteiger partial charge in [0.15, 0.2) is 5.65 Å². The molecule has 1 aliphatic heterocycles. The summed E-state index contributed by atoms with van der Waals surface area (Å²) >= 11 is 0. The molecule has 3 aromatic rings. The van der Waals surface area contributed by atoms with Crippen LogP contribution in [0.5, 0.6) is 0 Å². The zero-order valence-electron chi connectivity index (χ0n) is 12.8. The van der Waals surface area contributed by atoms with Crippen molar-refractivity contribution in [2.75, 3.05) is 13.2 Å². The summed E-state index contributed by atoms with van der Waals surface area (Å²) < 4.78 is 21.6. The number of pyridine rings is 1. The maximum atomic E-state index is 14.1. The Morgan fingerprint density at radius 1 is 1.13 bits per heavy atom.